The highest BCUT2D eigenvalue weighted by molar-refractivity contribution is 5.88. The maximum absolute atomic E-state index is 13.1. The van der Waals surface area contributed by atoms with E-state index in [0.717, 1.165) is 37.3 Å². The van der Waals surface area contributed by atoms with Gasteiger partial charge in [0.15, 0.2) is 23.2 Å². The Labute approximate surface area is 191 Å². The molecule has 1 atom stereocenters. The molecule has 0 radical (unpaired) electrons. The summed E-state index contributed by atoms with van der Waals surface area (Å²) in [6, 6.07) is 15.2. The van der Waals surface area contributed by atoms with Gasteiger partial charge in [-0.3, -0.25) is 4.79 Å². The average Bonchev–Trinajstić information content (AvgIpc) is 3.31. The lowest BCUT2D eigenvalue weighted by Gasteiger charge is -2.34. The van der Waals surface area contributed by atoms with Gasteiger partial charge in [0.05, 0.1) is 17.1 Å². The van der Waals surface area contributed by atoms with Crippen molar-refractivity contribution in [1.82, 2.24) is 20.2 Å². The lowest BCUT2D eigenvalue weighted by molar-refractivity contribution is -0.121. The number of carbonyl (C=O) groups is 1. The zero-order valence-electron chi connectivity index (χ0n) is 18.3. The number of ether oxygens (including phenoxy) is 2. The van der Waals surface area contributed by atoms with Crippen LogP contribution in [-0.4, -0.2) is 60.8 Å². The predicted octanol–water partition coefficient (Wildman–Crippen LogP) is 2.03. The third kappa shape index (κ3) is 4.25. The van der Waals surface area contributed by atoms with Crippen molar-refractivity contribution >= 4 is 22.8 Å². The van der Waals surface area contributed by atoms with E-state index in [1.54, 1.807) is 0 Å². The van der Waals surface area contributed by atoms with Gasteiger partial charge in [-0.25, -0.2) is 9.97 Å². The molecule has 1 saturated heterocycles. The third-order valence-electron chi connectivity index (χ3n) is 5.95. The maximum atomic E-state index is 13.1. The maximum Gasteiger partial charge on any atom is 0.243 e. The van der Waals surface area contributed by atoms with E-state index in [0.29, 0.717) is 28.5 Å². The van der Waals surface area contributed by atoms with Crippen molar-refractivity contribution in [3.8, 4) is 17.6 Å². The quantitative estimate of drug-likeness (QED) is 0.638. The van der Waals surface area contributed by atoms with E-state index in [1.807, 2.05) is 42.5 Å². The van der Waals surface area contributed by atoms with E-state index in [9.17, 15) is 10.1 Å². The first-order valence-corrected chi connectivity index (χ1v) is 10.9. The number of nitrogens with zero attached hydrogens (tertiary/aromatic N) is 5. The highest BCUT2D eigenvalue weighted by Gasteiger charge is 2.30. The number of hydrogen-bond acceptors (Lipinski definition) is 8. The van der Waals surface area contributed by atoms with Crippen LogP contribution in [0.1, 0.15) is 17.2 Å². The number of piperazine rings is 1. The fourth-order valence-electron chi connectivity index (χ4n) is 4.04. The van der Waals surface area contributed by atoms with E-state index in [2.05, 4.69) is 28.2 Å². The van der Waals surface area contributed by atoms with E-state index in [4.69, 9.17) is 19.4 Å². The minimum absolute atomic E-state index is 0.192. The predicted molar refractivity (Wildman–Crippen MR) is 122 cm³/mol. The summed E-state index contributed by atoms with van der Waals surface area (Å²) in [4.78, 5) is 27.0. The van der Waals surface area contributed by atoms with Crippen molar-refractivity contribution in [2.45, 2.75) is 12.5 Å². The first-order valence-electron chi connectivity index (χ1n) is 10.9. The van der Waals surface area contributed by atoms with Crippen LogP contribution in [0, 0.1) is 11.3 Å². The zero-order chi connectivity index (χ0) is 22.8. The number of rotatable bonds is 5. The van der Waals surface area contributed by atoms with Gasteiger partial charge in [-0.2, -0.15) is 5.26 Å². The largest absolute Gasteiger partial charge is 0.454 e. The molecule has 33 heavy (non-hydrogen) atoms. The molecule has 2 aliphatic rings. The number of fused-ring (bicyclic) bond motifs is 2. The van der Waals surface area contributed by atoms with Crippen LogP contribution in [0.25, 0.3) is 11.0 Å². The molecule has 1 unspecified atom stereocenters. The minimum Gasteiger partial charge on any atom is -0.454 e. The second kappa shape index (κ2) is 8.92. The Hall–Kier alpha value is -3.90. The molecular formula is C24H24N6O3. The summed E-state index contributed by atoms with van der Waals surface area (Å²) in [6.07, 6.45) is 0. The molecule has 9 nitrogen and oxygen atoms in total. The molecule has 1 aromatic heterocycles. The molecule has 9 heteroatoms. The normalized spacial score (nSPS) is 16.4. The van der Waals surface area contributed by atoms with E-state index >= 15 is 0 Å². The summed E-state index contributed by atoms with van der Waals surface area (Å²) < 4.78 is 10.7. The summed E-state index contributed by atoms with van der Waals surface area (Å²) in [5.41, 5.74) is 2.65. The molecule has 0 saturated carbocycles. The van der Waals surface area contributed by atoms with E-state index in [-0.39, 0.29) is 13.3 Å². The molecule has 3 heterocycles. The summed E-state index contributed by atoms with van der Waals surface area (Å²) in [5, 5.41) is 12.8. The molecule has 0 bridgehead atoms. The second-order valence-corrected chi connectivity index (χ2v) is 8.18. The Morgan fingerprint density at radius 1 is 1.09 bits per heavy atom. The van der Waals surface area contributed by atoms with Gasteiger partial charge in [0.2, 0.25) is 12.7 Å². The van der Waals surface area contributed by atoms with Crippen LogP contribution in [0.4, 0.5) is 5.82 Å². The molecule has 1 amide bonds. The van der Waals surface area contributed by atoms with Gasteiger partial charge in [-0.1, -0.05) is 18.2 Å². The topological polar surface area (TPSA) is 104 Å². The van der Waals surface area contributed by atoms with Crippen molar-refractivity contribution in [2.24, 2.45) is 0 Å². The lowest BCUT2D eigenvalue weighted by atomic mass is 10.0. The monoisotopic (exact) mass is 444 g/mol. The minimum atomic E-state index is -1.08. The van der Waals surface area contributed by atoms with Crippen molar-refractivity contribution in [1.29, 1.82) is 5.26 Å². The van der Waals surface area contributed by atoms with Crippen molar-refractivity contribution < 1.29 is 14.3 Å². The molecular weight excluding hydrogens is 420 g/mol. The summed E-state index contributed by atoms with van der Waals surface area (Å²) in [5.74, 6) is 0.451. The van der Waals surface area contributed by atoms with Crippen LogP contribution < -0.4 is 19.7 Å². The molecule has 5 rings (SSSR count). The number of hydrogen-bond donors (Lipinski definition) is 1. The molecule has 3 aromatic rings. The van der Waals surface area contributed by atoms with Crippen LogP contribution in [0.5, 0.6) is 11.5 Å². The molecule has 2 aromatic carbocycles. The number of para-hydroxylation sites is 2. The average molecular weight is 444 g/mol. The number of anilines is 1. The van der Waals surface area contributed by atoms with Gasteiger partial charge in [-0.15, -0.1) is 0 Å². The van der Waals surface area contributed by atoms with Gasteiger partial charge in [-0.05, 0) is 36.9 Å². The molecule has 2 aliphatic heterocycles. The standard InChI is InChI=1S/C24H24N6O3/c1-29-8-10-30(11-9-29)23-22(27-18-4-2-3-5-19(18)28-23)17(13-25)24(31)26-14-16-6-7-20-21(12-16)33-15-32-20/h2-7,12,17H,8-11,14-15H2,1H3,(H,26,31). The summed E-state index contributed by atoms with van der Waals surface area (Å²) in [7, 11) is 2.08. The molecule has 0 aliphatic carbocycles. The van der Waals surface area contributed by atoms with E-state index < -0.39 is 11.8 Å². The zero-order valence-corrected chi connectivity index (χ0v) is 18.3. The third-order valence-corrected chi connectivity index (χ3v) is 5.95. The van der Waals surface area contributed by atoms with Gasteiger partial charge >= 0.3 is 0 Å². The highest BCUT2D eigenvalue weighted by Crippen LogP contribution is 2.32. The Kier molecular flexibility index (Phi) is 5.67. The number of likely N-dealkylation sites (N-methyl/N-ethyl adjacent to an activating group) is 1. The van der Waals surface area contributed by atoms with Gasteiger partial charge in [0, 0.05) is 32.7 Å². The number of benzene rings is 2. The van der Waals surface area contributed by atoms with Crippen molar-refractivity contribution in [3.05, 3.63) is 53.7 Å². The molecule has 168 valence electrons. The second-order valence-electron chi connectivity index (χ2n) is 8.18. The van der Waals surface area contributed by atoms with Crippen LogP contribution in [0.2, 0.25) is 0 Å². The number of carbonyl (C=O) groups excluding carboxylic acids is 1. The van der Waals surface area contributed by atoms with Gasteiger partial charge in [0.1, 0.15) is 5.69 Å². The number of aromatic nitrogens is 2. The first kappa shape index (κ1) is 21.0. The fraction of sp³-hybridized carbons (Fsp3) is 0.333. The Morgan fingerprint density at radius 3 is 2.58 bits per heavy atom. The Balaban J connectivity index is 1.42. The Bertz CT molecular complexity index is 1230. The van der Waals surface area contributed by atoms with Gasteiger partial charge in [0.25, 0.3) is 0 Å². The molecule has 0 spiro atoms. The van der Waals surface area contributed by atoms with Crippen LogP contribution in [0.15, 0.2) is 42.5 Å². The Morgan fingerprint density at radius 2 is 1.82 bits per heavy atom. The smallest absolute Gasteiger partial charge is 0.243 e. The number of nitriles is 1. The van der Waals surface area contributed by atoms with Crippen LogP contribution in [-0.2, 0) is 11.3 Å². The fourth-order valence-corrected chi connectivity index (χ4v) is 4.04. The van der Waals surface area contributed by atoms with Crippen LogP contribution in [0.3, 0.4) is 0 Å². The highest BCUT2D eigenvalue weighted by atomic mass is 16.7. The lowest BCUT2D eigenvalue weighted by Crippen LogP contribution is -2.45. The first-order chi connectivity index (χ1) is 16.1. The van der Waals surface area contributed by atoms with Gasteiger partial charge < -0.3 is 24.6 Å². The van der Waals surface area contributed by atoms with Crippen LogP contribution >= 0.6 is 0 Å². The van der Waals surface area contributed by atoms with Crippen molar-refractivity contribution in [2.75, 3.05) is 44.9 Å². The SMILES string of the molecule is CN1CCN(c2nc3ccccc3nc2C(C#N)C(=O)NCc2ccc3c(c2)OCO3)CC1. The molecule has 1 fully saturated rings. The van der Waals surface area contributed by atoms with Crippen molar-refractivity contribution in [3.63, 3.8) is 0 Å². The summed E-state index contributed by atoms with van der Waals surface area (Å²) >= 11 is 0. The summed E-state index contributed by atoms with van der Waals surface area (Å²) in [6.45, 7) is 3.72. The molecule has 1 N–H and O–H groups in total. The van der Waals surface area contributed by atoms with E-state index in [1.165, 1.54) is 0 Å². The number of nitrogens with one attached hydrogen (secondary N) is 1. The number of amides is 1.